The number of fused-ring (bicyclic) bond motifs is 1. The van der Waals surface area contributed by atoms with Gasteiger partial charge in [-0.25, -0.2) is 8.42 Å². The summed E-state index contributed by atoms with van der Waals surface area (Å²) < 4.78 is 43.7. The Morgan fingerprint density at radius 1 is 1.05 bits per heavy atom. The van der Waals surface area contributed by atoms with Crippen LogP contribution in [0.3, 0.4) is 0 Å². The third-order valence-electron chi connectivity index (χ3n) is 6.30. The van der Waals surface area contributed by atoms with Crippen LogP contribution in [-0.4, -0.2) is 70.3 Å². The highest BCUT2D eigenvalue weighted by Crippen LogP contribution is 2.35. The van der Waals surface area contributed by atoms with E-state index in [1.807, 2.05) is 19.1 Å². The Balaban J connectivity index is 1.91. The Hall–Kier alpha value is -3.47. The number of sulfonamides is 1. The van der Waals surface area contributed by atoms with Crippen LogP contribution in [0.25, 0.3) is 0 Å². The summed E-state index contributed by atoms with van der Waals surface area (Å²) in [4.78, 5) is 28.1. The molecule has 1 aliphatic heterocycles. The molecule has 0 unspecified atom stereocenters. The molecule has 3 rings (SSSR count). The fourth-order valence-corrected chi connectivity index (χ4v) is 5.01. The lowest BCUT2D eigenvalue weighted by Gasteiger charge is -2.32. The predicted octanol–water partition coefficient (Wildman–Crippen LogP) is 2.96. The monoisotopic (exact) mass is 547 g/mol. The van der Waals surface area contributed by atoms with Gasteiger partial charge in [0, 0.05) is 19.2 Å². The molecule has 1 N–H and O–H groups in total. The van der Waals surface area contributed by atoms with Gasteiger partial charge in [-0.2, -0.15) is 0 Å². The number of hydrogen-bond donors (Lipinski definition) is 1. The zero-order valence-electron chi connectivity index (χ0n) is 22.4. The average molecular weight is 548 g/mol. The molecule has 11 heteroatoms. The fourth-order valence-electron chi connectivity index (χ4n) is 3.95. The van der Waals surface area contributed by atoms with Gasteiger partial charge in [0.25, 0.3) is 0 Å². The number of benzene rings is 2. The molecule has 10 nitrogen and oxygen atoms in total. The summed E-state index contributed by atoms with van der Waals surface area (Å²) in [5.74, 6) is 0.571. The van der Waals surface area contributed by atoms with Crippen LogP contribution in [-0.2, 0) is 26.2 Å². The van der Waals surface area contributed by atoms with E-state index in [2.05, 4.69) is 5.32 Å². The Kier molecular flexibility index (Phi) is 10.2. The molecule has 0 bridgehead atoms. The number of amides is 2. The third kappa shape index (κ3) is 7.31. The quantitative estimate of drug-likeness (QED) is 0.384. The number of rotatable bonds is 13. The van der Waals surface area contributed by atoms with Gasteiger partial charge in [0.15, 0.2) is 11.5 Å². The molecule has 1 heterocycles. The number of nitrogens with one attached hydrogen (secondary N) is 1. The van der Waals surface area contributed by atoms with Gasteiger partial charge >= 0.3 is 0 Å². The summed E-state index contributed by atoms with van der Waals surface area (Å²) in [6, 6.07) is 11.1. The van der Waals surface area contributed by atoms with E-state index < -0.39 is 28.5 Å². The maximum atomic E-state index is 13.7. The van der Waals surface area contributed by atoms with Gasteiger partial charge < -0.3 is 24.4 Å². The van der Waals surface area contributed by atoms with Crippen LogP contribution in [0.15, 0.2) is 42.5 Å². The molecular weight excluding hydrogens is 510 g/mol. The van der Waals surface area contributed by atoms with Gasteiger partial charge in [-0.1, -0.05) is 25.5 Å². The maximum absolute atomic E-state index is 13.7. The van der Waals surface area contributed by atoms with E-state index in [0.29, 0.717) is 37.0 Å². The minimum Gasteiger partial charge on any atom is -0.497 e. The molecule has 2 amide bonds. The third-order valence-corrected chi connectivity index (χ3v) is 8.04. The SMILES string of the molecule is CCCCNC(=O)[C@@H](C)N(Cc1ccc(OC)cc1)C(=O)CN(c1ccc2c(c1)OCCO2)S(=O)(=O)CC. The Morgan fingerprint density at radius 2 is 1.74 bits per heavy atom. The zero-order valence-corrected chi connectivity index (χ0v) is 23.3. The van der Waals surface area contributed by atoms with Crippen molar-refractivity contribution >= 4 is 27.5 Å². The number of carbonyl (C=O) groups excluding carboxylic acids is 2. The van der Waals surface area contributed by atoms with E-state index in [0.717, 1.165) is 22.7 Å². The van der Waals surface area contributed by atoms with Gasteiger partial charge in [-0.05, 0) is 50.1 Å². The van der Waals surface area contributed by atoms with Crippen molar-refractivity contribution in [1.29, 1.82) is 0 Å². The minimum absolute atomic E-state index is 0.117. The summed E-state index contributed by atoms with van der Waals surface area (Å²) in [5.41, 5.74) is 1.06. The first-order valence-electron chi connectivity index (χ1n) is 12.8. The van der Waals surface area contributed by atoms with Crippen molar-refractivity contribution in [2.75, 3.05) is 43.5 Å². The largest absolute Gasteiger partial charge is 0.497 e. The van der Waals surface area contributed by atoms with Gasteiger partial charge in [-0.3, -0.25) is 13.9 Å². The average Bonchev–Trinajstić information content (AvgIpc) is 2.94. The van der Waals surface area contributed by atoms with E-state index >= 15 is 0 Å². The lowest BCUT2D eigenvalue weighted by Crippen LogP contribution is -2.51. The maximum Gasteiger partial charge on any atom is 0.244 e. The second-order valence-corrected chi connectivity index (χ2v) is 11.1. The van der Waals surface area contributed by atoms with Crippen LogP contribution in [0.4, 0.5) is 5.69 Å². The minimum atomic E-state index is -3.84. The first-order valence-corrected chi connectivity index (χ1v) is 14.4. The normalized spacial score (nSPS) is 13.4. The molecule has 2 aromatic carbocycles. The summed E-state index contributed by atoms with van der Waals surface area (Å²) in [7, 11) is -2.28. The predicted molar refractivity (Wildman–Crippen MR) is 145 cm³/mol. The highest BCUT2D eigenvalue weighted by Gasteiger charge is 2.31. The molecule has 0 aliphatic carbocycles. The topological polar surface area (TPSA) is 114 Å². The fraction of sp³-hybridized carbons (Fsp3) is 0.481. The standard InChI is InChI=1S/C27H37N3O7S/c1-5-7-14-28-27(32)20(3)29(18-21-8-11-23(35-4)12-9-21)26(31)19-30(38(33,34)6-2)22-10-13-24-25(17-22)37-16-15-36-24/h8-13,17,20H,5-7,14-16,18-19H2,1-4H3,(H,28,32)/t20-/m1/s1. The van der Waals surface area contributed by atoms with Gasteiger partial charge in [-0.15, -0.1) is 0 Å². The lowest BCUT2D eigenvalue weighted by atomic mass is 10.1. The van der Waals surface area contributed by atoms with Crippen molar-refractivity contribution in [3.8, 4) is 17.2 Å². The molecule has 0 saturated carbocycles. The van der Waals surface area contributed by atoms with Crippen LogP contribution < -0.4 is 23.8 Å². The second kappa shape index (κ2) is 13.4. The van der Waals surface area contributed by atoms with Crippen molar-refractivity contribution < 1.29 is 32.2 Å². The van der Waals surface area contributed by atoms with Crippen LogP contribution in [0.2, 0.25) is 0 Å². The zero-order chi connectivity index (χ0) is 27.7. The first-order chi connectivity index (χ1) is 18.2. The molecule has 2 aromatic rings. The lowest BCUT2D eigenvalue weighted by molar-refractivity contribution is -0.139. The van der Waals surface area contributed by atoms with E-state index in [1.165, 1.54) is 11.8 Å². The van der Waals surface area contributed by atoms with Crippen LogP contribution in [0.1, 0.15) is 39.2 Å². The Bertz CT molecular complexity index is 1200. The van der Waals surface area contributed by atoms with E-state index in [-0.39, 0.29) is 23.9 Å². The summed E-state index contributed by atoms with van der Waals surface area (Å²) >= 11 is 0. The van der Waals surface area contributed by atoms with Crippen molar-refractivity contribution in [3.63, 3.8) is 0 Å². The van der Waals surface area contributed by atoms with Gasteiger partial charge in [0.1, 0.15) is 31.5 Å². The Morgan fingerprint density at radius 3 is 2.37 bits per heavy atom. The number of anilines is 1. The highest BCUT2D eigenvalue weighted by atomic mass is 32.2. The molecule has 1 aliphatic rings. The van der Waals surface area contributed by atoms with Crippen LogP contribution in [0.5, 0.6) is 17.2 Å². The summed E-state index contributed by atoms with van der Waals surface area (Å²) in [5, 5.41) is 2.87. The highest BCUT2D eigenvalue weighted by molar-refractivity contribution is 7.92. The van der Waals surface area contributed by atoms with E-state index in [4.69, 9.17) is 14.2 Å². The molecule has 208 valence electrons. The van der Waals surface area contributed by atoms with Gasteiger partial charge in [0.05, 0.1) is 18.6 Å². The van der Waals surface area contributed by atoms with Crippen LogP contribution in [0, 0.1) is 0 Å². The number of hydrogen-bond acceptors (Lipinski definition) is 7. The van der Waals surface area contributed by atoms with Crippen molar-refractivity contribution in [1.82, 2.24) is 10.2 Å². The molecule has 0 spiro atoms. The molecule has 1 atom stereocenters. The second-order valence-electron chi connectivity index (χ2n) is 8.93. The summed E-state index contributed by atoms with van der Waals surface area (Å²) in [6.07, 6.45) is 1.74. The number of unbranched alkanes of at least 4 members (excludes halogenated alkanes) is 1. The molecule has 38 heavy (non-hydrogen) atoms. The smallest absolute Gasteiger partial charge is 0.244 e. The number of methoxy groups -OCH3 is 1. The summed E-state index contributed by atoms with van der Waals surface area (Å²) in [6.45, 7) is 6.07. The first kappa shape index (κ1) is 29.1. The van der Waals surface area contributed by atoms with Crippen molar-refractivity contribution in [3.05, 3.63) is 48.0 Å². The molecule has 0 radical (unpaired) electrons. The number of ether oxygens (including phenoxy) is 3. The van der Waals surface area contributed by atoms with Crippen LogP contribution >= 0.6 is 0 Å². The number of nitrogens with zero attached hydrogens (tertiary/aromatic N) is 2. The molecule has 0 aromatic heterocycles. The molecular formula is C27H37N3O7S. The Labute approximate surface area is 224 Å². The van der Waals surface area contributed by atoms with Gasteiger partial charge in [0.2, 0.25) is 21.8 Å². The van der Waals surface area contributed by atoms with E-state index in [9.17, 15) is 18.0 Å². The number of carbonyl (C=O) groups is 2. The van der Waals surface area contributed by atoms with Crippen molar-refractivity contribution in [2.45, 2.75) is 46.2 Å². The van der Waals surface area contributed by atoms with Crippen molar-refractivity contribution in [2.24, 2.45) is 0 Å². The van der Waals surface area contributed by atoms with E-state index in [1.54, 1.807) is 44.4 Å². The molecule has 0 saturated heterocycles. The molecule has 0 fully saturated rings.